The van der Waals surface area contributed by atoms with Crippen molar-refractivity contribution in [1.29, 1.82) is 0 Å². The van der Waals surface area contributed by atoms with Gasteiger partial charge in [-0.15, -0.1) is 0 Å². The van der Waals surface area contributed by atoms with E-state index in [-0.39, 0.29) is 6.04 Å². The van der Waals surface area contributed by atoms with Crippen molar-refractivity contribution in [3.05, 3.63) is 30.1 Å². The van der Waals surface area contributed by atoms with Crippen LogP contribution in [0, 0.1) is 0 Å². The van der Waals surface area contributed by atoms with Gasteiger partial charge in [-0.3, -0.25) is 9.88 Å². The molecule has 0 bridgehead atoms. The standard InChI is InChI=1S/C11H15N3S/c12-11(15)10(14-7-1-2-8-14)9-3-5-13-6-4-9/h3-6,10H,1-2,7-8H2,(H2,12,15). The highest BCUT2D eigenvalue weighted by atomic mass is 32.1. The highest BCUT2D eigenvalue weighted by molar-refractivity contribution is 7.80. The molecule has 1 saturated heterocycles. The summed E-state index contributed by atoms with van der Waals surface area (Å²) in [7, 11) is 0. The maximum atomic E-state index is 5.82. The molecule has 2 N–H and O–H groups in total. The van der Waals surface area contributed by atoms with Gasteiger partial charge in [0.25, 0.3) is 0 Å². The second-order valence-corrected chi connectivity index (χ2v) is 4.30. The van der Waals surface area contributed by atoms with E-state index >= 15 is 0 Å². The summed E-state index contributed by atoms with van der Waals surface area (Å²) in [6, 6.07) is 4.06. The first kappa shape index (κ1) is 10.5. The Morgan fingerprint density at radius 1 is 1.33 bits per heavy atom. The molecule has 1 fully saturated rings. The molecule has 1 aromatic heterocycles. The third kappa shape index (κ3) is 2.33. The minimum absolute atomic E-state index is 0.0884. The average Bonchev–Trinajstić information content (AvgIpc) is 2.72. The summed E-state index contributed by atoms with van der Waals surface area (Å²) >= 11 is 5.15. The molecule has 15 heavy (non-hydrogen) atoms. The molecule has 0 saturated carbocycles. The molecule has 1 aliphatic heterocycles. The lowest BCUT2D eigenvalue weighted by atomic mass is 10.1. The van der Waals surface area contributed by atoms with Gasteiger partial charge in [-0.25, -0.2) is 0 Å². The van der Waals surface area contributed by atoms with Gasteiger partial charge in [0.05, 0.1) is 11.0 Å². The van der Waals surface area contributed by atoms with Crippen LogP contribution in [0.2, 0.25) is 0 Å². The number of aromatic nitrogens is 1. The molecule has 80 valence electrons. The van der Waals surface area contributed by atoms with Gasteiger partial charge in [0.2, 0.25) is 0 Å². The van der Waals surface area contributed by atoms with E-state index in [1.807, 2.05) is 12.1 Å². The molecule has 0 amide bonds. The van der Waals surface area contributed by atoms with E-state index in [0.717, 1.165) is 18.7 Å². The van der Waals surface area contributed by atoms with Crippen molar-refractivity contribution < 1.29 is 0 Å². The average molecular weight is 221 g/mol. The van der Waals surface area contributed by atoms with Gasteiger partial charge in [-0.05, 0) is 43.6 Å². The van der Waals surface area contributed by atoms with Crippen LogP contribution >= 0.6 is 12.2 Å². The number of hydrogen-bond acceptors (Lipinski definition) is 3. The van der Waals surface area contributed by atoms with Crippen LogP contribution in [0.1, 0.15) is 24.4 Å². The van der Waals surface area contributed by atoms with Crippen LogP contribution in [0.15, 0.2) is 24.5 Å². The van der Waals surface area contributed by atoms with Gasteiger partial charge >= 0.3 is 0 Å². The zero-order valence-electron chi connectivity index (χ0n) is 8.60. The lowest BCUT2D eigenvalue weighted by Crippen LogP contribution is -2.34. The maximum Gasteiger partial charge on any atom is 0.0948 e. The fraction of sp³-hybridized carbons (Fsp3) is 0.455. The number of likely N-dealkylation sites (tertiary alicyclic amines) is 1. The van der Waals surface area contributed by atoms with Crippen LogP contribution in [0.3, 0.4) is 0 Å². The first-order chi connectivity index (χ1) is 7.29. The molecule has 0 radical (unpaired) electrons. The van der Waals surface area contributed by atoms with Gasteiger partial charge in [0, 0.05) is 12.4 Å². The predicted molar refractivity (Wildman–Crippen MR) is 64.6 cm³/mol. The fourth-order valence-electron chi connectivity index (χ4n) is 2.10. The molecule has 3 nitrogen and oxygen atoms in total. The summed E-state index contributed by atoms with van der Waals surface area (Å²) in [5.74, 6) is 0. The van der Waals surface area contributed by atoms with Crippen molar-refractivity contribution in [1.82, 2.24) is 9.88 Å². The topological polar surface area (TPSA) is 42.1 Å². The summed E-state index contributed by atoms with van der Waals surface area (Å²) in [4.78, 5) is 6.91. The van der Waals surface area contributed by atoms with Crippen molar-refractivity contribution in [3.8, 4) is 0 Å². The number of rotatable bonds is 3. The molecule has 4 heteroatoms. The Morgan fingerprint density at radius 3 is 2.47 bits per heavy atom. The Bertz CT molecular complexity index is 333. The third-order valence-corrected chi connectivity index (χ3v) is 3.02. The minimum atomic E-state index is 0.0884. The van der Waals surface area contributed by atoms with Crippen molar-refractivity contribution in [3.63, 3.8) is 0 Å². The lowest BCUT2D eigenvalue weighted by molar-refractivity contribution is 0.305. The number of nitrogens with zero attached hydrogens (tertiary/aromatic N) is 2. The van der Waals surface area contributed by atoms with E-state index in [1.54, 1.807) is 12.4 Å². The van der Waals surface area contributed by atoms with Gasteiger partial charge in [-0.1, -0.05) is 12.2 Å². The summed E-state index contributed by atoms with van der Waals surface area (Å²) in [6.07, 6.45) is 6.06. The Balaban J connectivity index is 2.23. The zero-order valence-corrected chi connectivity index (χ0v) is 9.41. The molecule has 2 rings (SSSR count). The predicted octanol–water partition coefficient (Wildman–Crippen LogP) is 1.50. The quantitative estimate of drug-likeness (QED) is 0.786. The largest absolute Gasteiger partial charge is 0.392 e. The molecule has 0 spiro atoms. The van der Waals surface area contributed by atoms with E-state index in [2.05, 4.69) is 9.88 Å². The van der Waals surface area contributed by atoms with Crippen LogP contribution in [0.5, 0.6) is 0 Å². The van der Waals surface area contributed by atoms with Crippen molar-refractivity contribution in [2.75, 3.05) is 13.1 Å². The SMILES string of the molecule is NC(=S)C(c1ccncc1)N1CCCC1. The van der Waals surface area contributed by atoms with Gasteiger partial charge in [0.1, 0.15) is 0 Å². The van der Waals surface area contributed by atoms with E-state index in [9.17, 15) is 0 Å². The number of hydrogen-bond donors (Lipinski definition) is 1. The molecule has 0 aliphatic carbocycles. The number of pyridine rings is 1. The number of nitrogens with two attached hydrogens (primary N) is 1. The number of thiocarbonyl (C=S) groups is 1. The molecular formula is C11H15N3S. The molecule has 0 aromatic carbocycles. The van der Waals surface area contributed by atoms with Crippen molar-refractivity contribution >= 4 is 17.2 Å². The summed E-state index contributed by atoms with van der Waals surface area (Å²) in [6.45, 7) is 2.18. The van der Waals surface area contributed by atoms with Gasteiger partial charge in [-0.2, -0.15) is 0 Å². The van der Waals surface area contributed by atoms with Crippen LogP contribution in [-0.2, 0) is 0 Å². The molecule has 1 aromatic rings. The molecule has 1 unspecified atom stereocenters. The monoisotopic (exact) mass is 221 g/mol. The van der Waals surface area contributed by atoms with Crippen LogP contribution in [0.25, 0.3) is 0 Å². The van der Waals surface area contributed by atoms with Gasteiger partial charge in [0.15, 0.2) is 0 Å². The zero-order chi connectivity index (χ0) is 10.7. The molecule has 1 atom stereocenters. The van der Waals surface area contributed by atoms with E-state index in [0.29, 0.717) is 4.99 Å². The first-order valence-corrected chi connectivity index (χ1v) is 5.63. The third-order valence-electron chi connectivity index (χ3n) is 2.80. The Hall–Kier alpha value is -1.00. The maximum absolute atomic E-state index is 5.82. The Morgan fingerprint density at radius 2 is 1.93 bits per heavy atom. The van der Waals surface area contributed by atoms with Crippen LogP contribution in [-0.4, -0.2) is 28.0 Å². The van der Waals surface area contributed by atoms with Crippen molar-refractivity contribution in [2.45, 2.75) is 18.9 Å². The van der Waals surface area contributed by atoms with Crippen LogP contribution < -0.4 is 5.73 Å². The van der Waals surface area contributed by atoms with Crippen LogP contribution in [0.4, 0.5) is 0 Å². The Labute approximate surface area is 95.3 Å². The molecule has 1 aliphatic rings. The second kappa shape index (κ2) is 4.68. The lowest BCUT2D eigenvalue weighted by Gasteiger charge is -2.26. The molecule has 2 heterocycles. The summed E-state index contributed by atoms with van der Waals surface area (Å²) in [5, 5.41) is 0. The summed E-state index contributed by atoms with van der Waals surface area (Å²) < 4.78 is 0. The van der Waals surface area contributed by atoms with E-state index in [1.165, 1.54) is 12.8 Å². The first-order valence-electron chi connectivity index (χ1n) is 5.22. The summed E-state index contributed by atoms with van der Waals surface area (Å²) in [5.41, 5.74) is 6.97. The highest BCUT2D eigenvalue weighted by Gasteiger charge is 2.25. The minimum Gasteiger partial charge on any atom is -0.392 e. The second-order valence-electron chi connectivity index (χ2n) is 3.83. The smallest absolute Gasteiger partial charge is 0.0948 e. The van der Waals surface area contributed by atoms with E-state index in [4.69, 9.17) is 18.0 Å². The highest BCUT2D eigenvalue weighted by Crippen LogP contribution is 2.24. The normalized spacial score (nSPS) is 18.9. The van der Waals surface area contributed by atoms with Crippen molar-refractivity contribution in [2.24, 2.45) is 5.73 Å². The fourth-order valence-corrected chi connectivity index (χ4v) is 2.39. The molecular weight excluding hydrogens is 206 g/mol. The van der Waals surface area contributed by atoms with Gasteiger partial charge < -0.3 is 5.73 Å². The van der Waals surface area contributed by atoms with E-state index < -0.39 is 0 Å². The Kier molecular flexibility index (Phi) is 3.28.